The van der Waals surface area contributed by atoms with Crippen LogP contribution < -0.4 is 5.32 Å². The van der Waals surface area contributed by atoms with Crippen molar-refractivity contribution in [1.29, 1.82) is 0 Å². The summed E-state index contributed by atoms with van der Waals surface area (Å²) in [6, 6.07) is 13.7. The molecule has 1 aliphatic rings. The minimum absolute atomic E-state index is 0.0360. The van der Waals surface area contributed by atoms with E-state index in [-0.39, 0.29) is 11.6 Å². The van der Waals surface area contributed by atoms with Gasteiger partial charge in [-0.25, -0.2) is 0 Å². The van der Waals surface area contributed by atoms with Crippen molar-refractivity contribution >= 4 is 11.6 Å². The van der Waals surface area contributed by atoms with Crippen LogP contribution in [0.5, 0.6) is 0 Å². The normalized spacial score (nSPS) is 14.9. The van der Waals surface area contributed by atoms with Gasteiger partial charge in [0, 0.05) is 44.2 Å². The molecule has 1 amide bonds. The fraction of sp³-hybridized carbons (Fsp3) is 0.278. The number of carbonyl (C=O) groups excluding carboxylic acids is 1. The van der Waals surface area contributed by atoms with Crippen LogP contribution in [0.25, 0.3) is 0 Å². The van der Waals surface area contributed by atoms with Crippen molar-refractivity contribution < 1.29 is 14.5 Å². The standard InChI is InChI=1S/C18H18N2O4/c1-24-18(10-14-4-2-3-5-15(14)11-18)12-19-17(21)13-6-8-16(9-7-13)20(22)23/h2-9H,10-12H2,1H3,(H,19,21). The summed E-state index contributed by atoms with van der Waals surface area (Å²) in [7, 11) is 1.66. The highest BCUT2D eigenvalue weighted by molar-refractivity contribution is 5.94. The number of ether oxygens (including phenoxy) is 1. The summed E-state index contributed by atoms with van der Waals surface area (Å²) in [6.45, 7) is 0.383. The molecule has 24 heavy (non-hydrogen) atoms. The fourth-order valence-corrected chi connectivity index (χ4v) is 3.08. The highest BCUT2D eigenvalue weighted by Crippen LogP contribution is 2.32. The number of amides is 1. The van der Waals surface area contributed by atoms with E-state index in [0.29, 0.717) is 12.1 Å². The summed E-state index contributed by atoms with van der Waals surface area (Å²) in [5.41, 5.74) is 2.39. The number of nitro benzene ring substituents is 1. The number of nitro groups is 1. The monoisotopic (exact) mass is 326 g/mol. The maximum atomic E-state index is 12.3. The number of benzene rings is 2. The van der Waals surface area contributed by atoms with Crippen molar-refractivity contribution in [2.24, 2.45) is 0 Å². The van der Waals surface area contributed by atoms with Gasteiger partial charge in [0.05, 0.1) is 10.5 Å². The third-order valence-corrected chi connectivity index (χ3v) is 4.49. The third kappa shape index (κ3) is 3.14. The lowest BCUT2D eigenvalue weighted by molar-refractivity contribution is -0.384. The Kier molecular flexibility index (Phi) is 4.31. The zero-order valence-electron chi connectivity index (χ0n) is 13.3. The van der Waals surface area contributed by atoms with Gasteiger partial charge in [0.2, 0.25) is 0 Å². The van der Waals surface area contributed by atoms with Gasteiger partial charge in [-0.1, -0.05) is 24.3 Å². The number of fused-ring (bicyclic) bond motifs is 1. The topological polar surface area (TPSA) is 81.5 Å². The molecule has 0 saturated heterocycles. The second-order valence-electron chi connectivity index (χ2n) is 6.00. The summed E-state index contributed by atoms with van der Waals surface area (Å²) < 4.78 is 5.71. The van der Waals surface area contributed by atoms with E-state index in [2.05, 4.69) is 17.4 Å². The Morgan fingerprint density at radius 3 is 2.25 bits per heavy atom. The van der Waals surface area contributed by atoms with E-state index in [1.807, 2.05) is 12.1 Å². The number of non-ortho nitro benzene ring substituents is 1. The molecule has 0 saturated carbocycles. The first kappa shape index (κ1) is 16.1. The zero-order chi connectivity index (χ0) is 17.2. The molecule has 0 radical (unpaired) electrons. The van der Waals surface area contributed by atoms with Crippen molar-refractivity contribution in [3.8, 4) is 0 Å². The lowest BCUT2D eigenvalue weighted by Gasteiger charge is -2.27. The summed E-state index contributed by atoms with van der Waals surface area (Å²) >= 11 is 0. The summed E-state index contributed by atoms with van der Waals surface area (Å²) in [5.74, 6) is -0.266. The highest BCUT2D eigenvalue weighted by atomic mass is 16.6. The molecule has 0 aromatic heterocycles. The first-order valence-corrected chi connectivity index (χ1v) is 7.68. The number of hydrogen-bond donors (Lipinski definition) is 1. The molecule has 3 rings (SSSR count). The molecule has 124 valence electrons. The summed E-state index contributed by atoms with van der Waals surface area (Å²) in [4.78, 5) is 22.4. The number of nitrogens with zero attached hydrogens (tertiary/aromatic N) is 1. The van der Waals surface area contributed by atoms with Crippen molar-refractivity contribution in [2.75, 3.05) is 13.7 Å². The van der Waals surface area contributed by atoms with Gasteiger partial charge in [0.25, 0.3) is 11.6 Å². The van der Waals surface area contributed by atoms with Gasteiger partial charge in [0.15, 0.2) is 0 Å². The fourth-order valence-electron chi connectivity index (χ4n) is 3.08. The average Bonchev–Trinajstić information content (AvgIpc) is 2.99. The van der Waals surface area contributed by atoms with E-state index in [9.17, 15) is 14.9 Å². The zero-order valence-corrected chi connectivity index (χ0v) is 13.3. The number of nitrogens with one attached hydrogen (secondary N) is 1. The van der Waals surface area contributed by atoms with Gasteiger partial charge < -0.3 is 10.1 Å². The van der Waals surface area contributed by atoms with Crippen LogP contribution in [-0.4, -0.2) is 30.1 Å². The first-order valence-electron chi connectivity index (χ1n) is 7.68. The first-order chi connectivity index (χ1) is 11.5. The van der Waals surface area contributed by atoms with Crippen molar-refractivity contribution in [1.82, 2.24) is 5.32 Å². The molecular formula is C18H18N2O4. The molecule has 1 N–H and O–H groups in total. The third-order valence-electron chi connectivity index (χ3n) is 4.49. The second-order valence-corrected chi connectivity index (χ2v) is 6.00. The van der Waals surface area contributed by atoms with Crippen LogP contribution in [0.15, 0.2) is 48.5 Å². The van der Waals surface area contributed by atoms with Crippen LogP contribution in [0.4, 0.5) is 5.69 Å². The van der Waals surface area contributed by atoms with Gasteiger partial charge in [-0.15, -0.1) is 0 Å². The Labute approximate surface area is 139 Å². The van der Waals surface area contributed by atoms with Crippen LogP contribution in [0.3, 0.4) is 0 Å². The van der Waals surface area contributed by atoms with Crippen molar-refractivity contribution in [2.45, 2.75) is 18.4 Å². The summed E-state index contributed by atoms with van der Waals surface area (Å²) in [5, 5.41) is 13.5. The molecule has 6 heteroatoms. The van der Waals surface area contributed by atoms with E-state index in [4.69, 9.17) is 4.74 Å². The Morgan fingerprint density at radius 2 is 1.75 bits per heavy atom. The molecule has 0 fully saturated rings. The smallest absolute Gasteiger partial charge is 0.269 e. The SMILES string of the molecule is COC1(CNC(=O)c2ccc([N+](=O)[O-])cc2)Cc2ccccc2C1. The Balaban J connectivity index is 1.66. The highest BCUT2D eigenvalue weighted by Gasteiger charge is 2.37. The number of methoxy groups -OCH3 is 1. The predicted molar refractivity (Wildman–Crippen MR) is 89.0 cm³/mol. The number of rotatable bonds is 5. The van der Waals surface area contributed by atoms with Gasteiger partial charge >= 0.3 is 0 Å². The van der Waals surface area contributed by atoms with Crippen LogP contribution in [0.1, 0.15) is 21.5 Å². The minimum atomic E-state index is -0.489. The molecule has 0 aliphatic heterocycles. The average molecular weight is 326 g/mol. The molecule has 0 atom stereocenters. The van der Waals surface area contributed by atoms with Crippen LogP contribution in [0.2, 0.25) is 0 Å². The molecule has 2 aromatic carbocycles. The molecule has 0 spiro atoms. The summed E-state index contributed by atoms with van der Waals surface area (Å²) in [6.07, 6.45) is 1.50. The molecule has 2 aromatic rings. The van der Waals surface area contributed by atoms with Crippen LogP contribution in [0, 0.1) is 10.1 Å². The van der Waals surface area contributed by atoms with Crippen LogP contribution in [-0.2, 0) is 17.6 Å². The van der Waals surface area contributed by atoms with E-state index >= 15 is 0 Å². The number of carbonyl (C=O) groups is 1. The molecular weight excluding hydrogens is 308 g/mol. The van der Waals surface area contributed by atoms with Gasteiger partial charge in [-0.05, 0) is 23.3 Å². The van der Waals surface area contributed by atoms with Crippen molar-refractivity contribution in [3.05, 3.63) is 75.3 Å². The van der Waals surface area contributed by atoms with Crippen molar-refractivity contribution in [3.63, 3.8) is 0 Å². The Bertz CT molecular complexity index is 746. The molecule has 1 aliphatic carbocycles. The lowest BCUT2D eigenvalue weighted by atomic mass is 10.00. The number of hydrogen-bond acceptors (Lipinski definition) is 4. The lowest BCUT2D eigenvalue weighted by Crippen LogP contribution is -2.45. The molecule has 6 nitrogen and oxygen atoms in total. The van der Waals surface area contributed by atoms with Crippen LogP contribution >= 0.6 is 0 Å². The largest absolute Gasteiger partial charge is 0.376 e. The molecule has 0 bridgehead atoms. The minimum Gasteiger partial charge on any atom is -0.376 e. The maximum absolute atomic E-state index is 12.3. The van der Waals surface area contributed by atoms with E-state index in [0.717, 1.165) is 12.8 Å². The van der Waals surface area contributed by atoms with Gasteiger partial charge in [-0.2, -0.15) is 0 Å². The van der Waals surface area contributed by atoms with E-state index in [1.54, 1.807) is 7.11 Å². The molecule has 0 heterocycles. The molecule has 0 unspecified atom stereocenters. The predicted octanol–water partition coefficient (Wildman–Crippen LogP) is 2.51. The second kappa shape index (κ2) is 6.41. The van der Waals surface area contributed by atoms with E-state index in [1.165, 1.54) is 35.4 Å². The Hall–Kier alpha value is -2.73. The van der Waals surface area contributed by atoms with E-state index < -0.39 is 10.5 Å². The quantitative estimate of drug-likeness (QED) is 0.676. The maximum Gasteiger partial charge on any atom is 0.269 e. The Morgan fingerprint density at radius 1 is 1.17 bits per heavy atom. The van der Waals surface area contributed by atoms with Gasteiger partial charge in [0.1, 0.15) is 0 Å². The van der Waals surface area contributed by atoms with Gasteiger partial charge in [-0.3, -0.25) is 14.9 Å².